The second-order valence-electron chi connectivity index (χ2n) is 2.33. The molecule has 0 radical (unpaired) electrons. The van der Waals surface area contributed by atoms with Crippen LogP contribution in [0.3, 0.4) is 0 Å². The minimum Gasteiger partial charge on any atom is -0.469 e. The van der Waals surface area contributed by atoms with Crippen LogP contribution in [-0.4, -0.2) is 55.4 Å². The van der Waals surface area contributed by atoms with E-state index in [-0.39, 0.29) is 0 Å². The van der Waals surface area contributed by atoms with Gasteiger partial charge in [-0.3, -0.25) is 0 Å². The zero-order valence-electron chi connectivity index (χ0n) is 10.2. The fourth-order valence-corrected chi connectivity index (χ4v) is 0.510. The highest BCUT2D eigenvalue weighted by molar-refractivity contribution is 6.61. The fraction of sp³-hybridized carbons (Fsp3) is 0.500. The van der Waals surface area contributed by atoms with Crippen molar-refractivity contribution in [3.05, 3.63) is 0 Å². The molecule has 0 unspecified atom stereocenters. The SMILES string of the molecule is C1CCOC1.O=C(O)Cl.O=C(O)Cl.O=C(O)Cl.O=C(O)Cl. The maximum atomic E-state index is 8.77. The Morgan fingerprint density at radius 1 is 0.619 bits per heavy atom. The van der Waals surface area contributed by atoms with Gasteiger partial charge < -0.3 is 25.2 Å². The highest BCUT2D eigenvalue weighted by Gasteiger charge is 1.94. The average molecular weight is 394 g/mol. The van der Waals surface area contributed by atoms with E-state index in [0.717, 1.165) is 13.2 Å². The molecule has 0 amide bonds. The second kappa shape index (κ2) is 24.0. The van der Waals surface area contributed by atoms with Crippen molar-refractivity contribution in [1.29, 1.82) is 0 Å². The van der Waals surface area contributed by atoms with Crippen LogP contribution in [-0.2, 0) is 4.74 Å². The third-order valence-electron chi connectivity index (χ3n) is 0.827. The molecule has 4 N–H and O–H groups in total. The Bertz CT molecular complexity index is 222. The predicted octanol–water partition coefficient (Wildman–Crippen LogP) is 4.41. The Morgan fingerprint density at radius 3 is 0.810 bits per heavy atom. The van der Waals surface area contributed by atoms with Crippen molar-refractivity contribution in [1.82, 2.24) is 0 Å². The van der Waals surface area contributed by atoms with Gasteiger partial charge in [0.2, 0.25) is 0 Å². The van der Waals surface area contributed by atoms with Crippen LogP contribution in [0.5, 0.6) is 0 Å². The number of hydrogen-bond acceptors (Lipinski definition) is 5. The van der Waals surface area contributed by atoms with E-state index in [2.05, 4.69) is 46.4 Å². The molecule has 1 aliphatic rings. The molecule has 1 saturated heterocycles. The van der Waals surface area contributed by atoms with Crippen LogP contribution in [0, 0.1) is 0 Å². The number of halogens is 4. The van der Waals surface area contributed by atoms with Gasteiger partial charge in [0.05, 0.1) is 0 Å². The monoisotopic (exact) mass is 392 g/mol. The van der Waals surface area contributed by atoms with Gasteiger partial charge >= 0.3 is 21.7 Å². The minimum absolute atomic E-state index is 1.00. The van der Waals surface area contributed by atoms with E-state index in [9.17, 15) is 0 Å². The number of carboxylic acid groups (broad SMARTS) is 4. The van der Waals surface area contributed by atoms with E-state index in [4.69, 9.17) is 44.3 Å². The summed E-state index contributed by atoms with van der Waals surface area (Å²) in [4.78, 5) is 35.1. The number of carbonyl (C=O) groups is 4. The summed E-state index contributed by atoms with van der Waals surface area (Å²) in [6, 6.07) is 0. The topological polar surface area (TPSA) is 158 Å². The molecule has 1 fully saturated rings. The minimum atomic E-state index is -1.36. The van der Waals surface area contributed by atoms with Crippen LogP contribution >= 0.6 is 46.4 Å². The fourth-order valence-electron chi connectivity index (χ4n) is 0.510. The van der Waals surface area contributed by atoms with Gasteiger partial charge in [-0.2, -0.15) is 0 Å². The first kappa shape index (κ1) is 28.2. The van der Waals surface area contributed by atoms with Crippen LogP contribution in [0.15, 0.2) is 0 Å². The molecule has 0 aliphatic carbocycles. The van der Waals surface area contributed by atoms with Crippen molar-refractivity contribution in [3.8, 4) is 0 Å². The predicted molar refractivity (Wildman–Crippen MR) is 75.6 cm³/mol. The van der Waals surface area contributed by atoms with Crippen LogP contribution in [0.1, 0.15) is 12.8 Å². The Kier molecular flexibility index (Phi) is 32.3. The second-order valence-corrected chi connectivity index (χ2v) is 3.62. The van der Waals surface area contributed by atoms with Crippen molar-refractivity contribution < 1.29 is 44.3 Å². The maximum Gasteiger partial charge on any atom is 0.401 e. The van der Waals surface area contributed by atoms with Gasteiger partial charge in [0.1, 0.15) is 0 Å². The van der Waals surface area contributed by atoms with Gasteiger partial charge in [0, 0.05) is 59.6 Å². The smallest absolute Gasteiger partial charge is 0.401 e. The largest absolute Gasteiger partial charge is 0.469 e. The number of hydrogen-bond donors (Lipinski definition) is 4. The summed E-state index contributed by atoms with van der Waals surface area (Å²) in [5.74, 6) is 0. The first-order chi connectivity index (χ1) is 9.43. The molecular formula is C8H12Cl4O9. The molecule has 1 heterocycles. The summed E-state index contributed by atoms with van der Waals surface area (Å²) in [6.07, 6.45) is 2.56. The third-order valence-corrected chi connectivity index (χ3v) is 0.827. The molecule has 126 valence electrons. The summed E-state index contributed by atoms with van der Waals surface area (Å²) in [5, 5.41) is 28.7. The summed E-state index contributed by atoms with van der Waals surface area (Å²) in [6.45, 7) is 2.00. The molecule has 1 rings (SSSR count). The Balaban J connectivity index is -0.0000000866. The number of ether oxygens (including phenoxy) is 1. The summed E-state index contributed by atoms with van der Waals surface area (Å²) in [7, 11) is 0. The van der Waals surface area contributed by atoms with Crippen molar-refractivity contribution in [2.75, 3.05) is 13.2 Å². The molecule has 13 heteroatoms. The first-order valence-electron chi connectivity index (χ1n) is 4.54. The van der Waals surface area contributed by atoms with Gasteiger partial charge in [-0.05, 0) is 12.8 Å². The van der Waals surface area contributed by atoms with Gasteiger partial charge in [0.25, 0.3) is 0 Å². The lowest BCUT2D eigenvalue weighted by Gasteiger charge is -1.76. The van der Waals surface area contributed by atoms with E-state index in [0.29, 0.717) is 0 Å². The molecule has 0 bridgehead atoms. The first-order valence-corrected chi connectivity index (χ1v) is 6.06. The van der Waals surface area contributed by atoms with Gasteiger partial charge in [-0.1, -0.05) is 0 Å². The molecule has 1 aliphatic heterocycles. The standard InChI is InChI=1S/C4H8O.4CHClO2/c1-2-4-5-3-1;4*2-1(3)4/h1-4H2;4*(H,3,4). The normalized spacial score (nSPS) is 10.5. The summed E-state index contributed by atoms with van der Waals surface area (Å²) in [5.41, 5.74) is -5.44. The summed E-state index contributed by atoms with van der Waals surface area (Å²) >= 11 is 16.8. The quantitative estimate of drug-likeness (QED) is 0.437. The Hall–Kier alpha value is -1.000. The molecular weight excluding hydrogens is 382 g/mol. The molecule has 9 nitrogen and oxygen atoms in total. The van der Waals surface area contributed by atoms with Crippen molar-refractivity contribution in [2.45, 2.75) is 12.8 Å². The summed E-state index contributed by atoms with van der Waals surface area (Å²) < 4.78 is 4.94. The molecule has 0 aromatic rings. The third kappa shape index (κ3) is 343. The highest BCUT2D eigenvalue weighted by atomic mass is 35.5. The Morgan fingerprint density at radius 2 is 0.762 bits per heavy atom. The Labute approximate surface area is 138 Å². The van der Waals surface area contributed by atoms with Crippen molar-refractivity contribution >= 4 is 68.1 Å². The molecule has 0 saturated carbocycles. The van der Waals surface area contributed by atoms with Gasteiger partial charge in [-0.25, -0.2) is 19.2 Å². The van der Waals surface area contributed by atoms with E-state index in [1.807, 2.05) is 0 Å². The zero-order chi connectivity index (χ0) is 17.8. The lowest BCUT2D eigenvalue weighted by atomic mass is 10.4. The van der Waals surface area contributed by atoms with E-state index in [1.165, 1.54) is 12.8 Å². The average Bonchev–Trinajstić information content (AvgIpc) is 2.68. The van der Waals surface area contributed by atoms with Crippen LogP contribution < -0.4 is 0 Å². The van der Waals surface area contributed by atoms with E-state index in [1.54, 1.807) is 0 Å². The molecule has 0 spiro atoms. The molecule has 0 atom stereocenters. The lowest BCUT2D eigenvalue weighted by molar-refractivity contribution is 0.198. The van der Waals surface area contributed by atoms with E-state index >= 15 is 0 Å². The molecule has 0 aromatic heterocycles. The number of rotatable bonds is 0. The molecule has 0 aromatic carbocycles. The van der Waals surface area contributed by atoms with Crippen LogP contribution in [0.25, 0.3) is 0 Å². The van der Waals surface area contributed by atoms with Gasteiger partial charge in [-0.15, -0.1) is 0 Å². The van der Waals surface area contributed by atoms with Crippen LogP contribution in [0.2, 0.25) is 0 Å². The van der Waals surface area contributed by atoms with Crippen LogP contribution in [0.4, 0.5) is 19.2 Å². The van der Waals surface area contributed by atoms with Gasteiger partial charge in [0.15, 0.2) is 0 Å². The molecule has 21 heavy (non-hydrogen) atoms. The van der Waals surface area contributed by atoms with E-state index < -0.39 is 21.7 Å². The van der Waals surface area contributed by atoms with Crippen molar-refractivity contribution in [3.63, 3.8) is 0 Å². The zero-order valence-corrected chi connectivity index (χ0v) is 13.2. The van der Waals surface area contributed by atoms with Crippen molar-refractivity contribution in [2.24, 2.45) is 0 Å². The lowest BCUT2D eigenvalue weighted by Crippen LogP contribution is -1.74. The maximum absolute atomic E-state index is 8.77. The highest BCUT2D eigenvalue weighted by Crippen LogP contribution is 1.98.